The first kappa shape index (κ1) is 24.1. The number of hydrogen-bond donors (Lipinski definition) is 1. The van der Waals surface area contributed by atoms with Crippen LogP contribution in [0.1, 0.15) is 34.5 Å². The van der Waals surface area contributed by atoms with Gasteiger partial charge in [0.05, 0.1) is 17.9 Å². The molecule has 1 heterocycles. The molecule has 0 aliphatic carbocycles. The SMILES string of the molecule is CCOc1ncccc1C(=O)OC(C(=O)Nc1ccc(Cl)cc1C(F)(F)F)c1ccccc1. The summed E-state index contributed by atoms with van der Waals surface area (Å²) in [7, 11) is 0. The number of pyridine rings is 1. The number of alkyl halides is 3. The van der Waals surface area contributed by atoms with Crippen molar-refractivity contribution in [2.75, 3.05) is 11.9 Å². The van der Waals surface area contributed by atoms with E-state index in [2.05, 4.69) is 10.3 Å². The number of amides is 1. The van der Waals surface area contributed by atoms with Crippen LogP contribution >= 0.6 is 11.6 Å². The average molecular weight is 479 g/mol. The molecule has 1 aromatic heterocycles. The van der Waals surface area contributed by atoms with E-state index in [0.717, 1.165) is 6.07 Å². The van der Waals surface area contributed by atoms with Crippen LogP contribution in [0.5, 0.6) is 5.88 Å². The van der Waals surface area contributed by atoms with Gasteiger partial charge in [-0.25, -0.2) is 9.78 Å². The molecule has 0 saturated carbocycles. The van der Waals surface area contributed by atoms with E-state index in [1.807, 2.05) is 0 Å². The van der Waals surface area contributed by atoms with Gasteiger partial charge in [0.1, 0.15) is 5.56 Å². The largest absolute Gasteiger partial charge is 0.477 e. The molecule has 1 unspecified atom stereocenters. The molecule has 3 rings (SSSR count). The summed E-state index contributed by atoms with van der Waals surface area (Å²) in [5.41, 5.74) is -1.43. The molecule has 0 aliphatic rings. The Hall–Kier alpha value is -3.59. The smallest absolute Gasteiger partial charge is 0.418 e. The van der Waals surface area contributed by atoms with Crippen molar-refractivity contribution in [3.63, 3.8) is 0 Å². The van der Waals surface area contributed by atoms with E-state index in [9.17, 15) is 22.8 Å². The third-order valence-corrected chi connectivity index (χ3v) is 4.62. The van der Waals surface area contributed by atoms with E-state index < -0.39 is 35.4 Å². The number of benzene rings is 2. The van der Waals surface area contributed by atoms with E-state index in [1.165, 1.54) is 36.5 Å². The van der Waals surface area contributed by atoms with Crippen molar-refractivity contribution in [1.29, 1.82) is 0 Å². The summed E-state index contributed by atoms with van der Waals surface area (Å²) in [5.74, 6) is -1.90. The second kappa shape index (κ2) is 10.4. The highest BCUT2D eigenvalue weighted by Gasteiger charge is 2.35. The molecular weight excluding hydrogens is 461 g/mol. The van der Waals surface area contributed by atoms with Crippen molar-refractivity contribution < 1.29 is 32.2 Å². The molecule has 1 amide bonds. The van der Waals surface area contributed by atoms with E-state index in [-0.39, 0.29) is 28.6 Å². The summed E-state index contributed by atoms with van der Waals surface area (Å²) < 4.78 is 51.0. The van der Waals surface area contributed by atoms with Gasteiger partial charge in [0.15, 0.2) is 0 Å². The number of rotatable bonds is 7. The number of halogens is 4. The summed E-state index contributed by atoms with van der Waals surface area (Å²) in [4.78, 5) is 29.8. The molecule has 6 nitrogen and oxygen atoms in total. The molecule has 2 aromatic carbocycles. The molecule has 172 valence electrons. The number of hydrogen-bond acceptors (Lipinski definition) is 5. The van der Waals surface area contributed by atoms with Gasteiger partial charge in [0.2, 0.25) is 12.0 Å². The molecule has 0 fully saturated rings. The quantitative estimate of drug-likeness (QED) is 0.441. The van der Waals surface area contributed by atoms with Crippen molar-refractivity contribution in [2.45, 2.75) is 19.2 Å². The minimum atomic E-state index is -4.77. The maximum Gasteiger partial charge on any atom is 0.418 e. The van der Waals surface area contributed by atoms with Gasteiger partial charge in [-0.2, -0.15) is 13.2 Å². The third kappa shape index (κ3) is 6.01. The standard InChI is InChI=1S/C23H18ClF3N2O4/c1-2-32-21-16(9-6-12-28-21)22(31)33-19(14-7-4-3-5-8-14)20(30)29-18-11-10-15(24)13-17(18)23(25,26)27/h3-13,19H,2H2,1H3,(H,29,30). The minimum absolute atomic E-state index is 0.00859. The number of carbonyl (C=O) groups is 2. The molecule has 0 bridgehead atoms. The summed E-state index contributed by atoms with van der Waals surface area (Å²) >= 11 is 5.70. The topological polar surface area (TPSA) is 77.5 Å². The fourth-order valence-electron chi connectivity index (χ4n) is 2.93. The molecule has 3 aromatic rings. The van der Waals surface area contributed by atoms with Crippen LogP contribution in [0.4, 0.5) is 18.9 Å². The monoisotopic (exact) mass is 478 g/mol. The van der Waals surface area contributed by atoms with Gasteiger partial charge in [-0.1, -0.05) is 41.9 Å². The number of aromatic nitrogens is 1. The Balaban J connectivity index is 1.93. The summed E-state index contributed by atoms with van der Waals surface area (Å²) in [5, 5.41) is 2.05. The van der Waals surface area contributed by atoms with Crippen molar-refractivity contribution >= 4 is 29.2 Å². The predicted molar refractivity (Wildman–Crippen MR) is 115 cm³/mol. The fraction of sp³-hybridized carbons (Fsp3) is 0.174. The Labute approximate surface area is 192 Å². The van der Waals surface area contributed by atoms with Crippen LogP contribution in [0.25, 0.3) is 0 Å². The van der Waals surface area contributed by atoms with Gasteiger partial charge in [0, 0.05) is 16.8 Å². The van der Waals surface area contributed by atoms with Gasteiger partial charge < -0.3 is 14.8 Å². The van der Waals surface area contributed by atoms with E-state index in [0.29, 0.717) is 6.07 Å². The molecule has 1 N–H and O–H groups in total. The Morgan fingerprint density at radius 1 is 1.09 bits per heavy atom. The van der Waals surface area contributed by atoms with Crippen molar-refractivity contribution in [3.8, 4) is 5.88 Å². The lowest BCUT2D eigenvalue weighted by molar-refractivity contribution is -0.137. The van der Waals surface area contributed by atoms with Gasteiger partial charge in [-0.15, -0.1) is 0 Å². The Bertz CT molecular complexity index is 1140. The average Bonchev–Trinajstić information content (AvgIpc) is 2.79. The van der Waals surface area contributed by atoms with Crippen molar-refractivity contribution in [3.05, 3.63) is 88.6 Å². The van der Waals surface area contributed by atoms with Crippen LogP contribution in [0.3, 0.4) is 0 Å². The Morgan fingerprint density at radius 2 is 1.82 bits per heavy atom. The first-order valence-electron chi connectivity index (χ1n) is 9.72. The van der Waals surface area contributed by atoms with Crippen LogP contribution < -0.4 is 10.1 Å². The second-order valence-corrected chi connectivity index (χ2v) is 7.10. The first-order chi connectivity index (χ1) is 15.7. The third-order valence-electron chi connectivity index (χ3n) is 4.38. The maximum absolute atomic E-state index is 13.4. The normalized spacial score (nSPS) is 12.0. The zero-order chi connectivity index (χ0) is 24.0. The Morgan fingerprint density at radius 3 is 2.48 bits per heavy atom. The van der Waals surface area contributed by atoms with Crippen LogP contribution in [-0.4, -0.2) is 23.5 Å². The first-order valence-corrected chi connectivity index (χ1v) is 10.1. The number of esters is 1. The predicted octanol–water partition coefficient (Wildman–Crippen LogP) is 5.69. The number of carbonyl (C=O) groups excluding carboxylic acids is 2. The molecule has 0 saturated heterocycles. The van der Waals surface area contributed by atoms with E-state index in [1.54, 1.807) is 25.1 Å². The summed E-state index contributed by atoms with van der Waals surface area (Å²) in [6.07, 6.45) is -4.90. The van der Waals surface area contributed by atoms with Crippen molar-refractivity contribution in [2.24, 2.45) is 0 Å². The number of nitrogens with one attached hydrogen (secondary N) is 1. The maximum atomic E-state index is 13.4. The van der Waals surface area contributed by atoms with Crippen LogP contribution in [0, 0.1) is 0 Å². The summed E-state index contributed by atoms with van der Waals surface area (Å²) in [6.45, 7) is 1.94. The molecule has 0 spiro atoms. The Kier molecular flexibility index (Phi) is 7.55. The number of nitrogens with zero attached hydrogens (tertiary/aromatic N) is 1. The number of anilines is 1. The molecule has 0 aliphatic heterocycles. The molecule has 1 atom stereocenters. The zero-order valence-corrected chi connectivity index (χ0v) is 18.0. The second-order valence-electron chi connectivity index (χ2n) is 6.66. The van der Waals surface area contributed by atoms with Gasteiger partial charge in [-0.3, -0.25) is 4.79 Å². The van der Waals surface area contributed by atoms with Crippen LogP contribution in [0.2, 0.25) is 5.02 Å². The molecule has 0 radical (unpaired) electrons. The van der Waals surface area contributed by atoms with Gasteiger partial charge in [-0.05, 0) is 37.3 Å². The lowest BCUT2D eigenvalue weighted by Gasteiger charge is -2.20. The van der Waals surface area contributed by atoms with Crippen molar-refractivity contribution in [1.82, 2.24) is 4.98 Å². The van der Waals surface area contributed by atoms with E-state index in [4.69, 9.17) is 21.1 Å². The molecule has 33 heavy (non-hydrogen) atoms. The van der Waals surface area contributed by atoms with Crippen LogP contribution in [0.15, 0.2) is 66.9 Å². The minimum Gasteiger partial charge on any atom is -0.477 e. The highest BCUT2D eigenvalue weighted by molar-refractivity contribution is 6.30. The van der Waals surface area contributed by atoms with Gasteiger partial charge >= 0.3 is 12.1 Å². The lowest BCUT2D eigenvalue weighted by atomic mass is 10.1. The molecule has 10 heteroatoms. The van der Waals surface area contributed by atoms with E-state index >= 15 is 0 Å². The fourth-order valence-corrected chi connectivity index (χ4v) is 3.10. The number of ether oxygens (including phenoxy) is 2. The highest BCUT2D eigenvalue weighted by Crippen LogP contribution is 2.37. The van der Waals surface area contributed by atoms with Crippen LogP contribution in [-0.2, 0) is 15.7 Å². The molecular formula is C23H18ClF3N2O4. The lowest BCUT2D eigenvalue weighted by Crippen LogP contribution is -2.27. The zero-order valence-electron chi connectivity index (χ0n) is 17.2. The highest BCUT2D eigenvalue weighted by atomic mass is 35.5. The summed E-state index contributed by atoms with van der Waals surface area (Å²) in [6, 6.07) is 13.7. The van der Waals surface area contributed by atoms with Gasteiger partial charge in [0.25, 0.3) is 5.91 Å².